The van der Waals surface area contributed by atoms with Crippen molar-refractivity contribution < 1.29 is 9.90 Å². The minimum atomic E-state index is -0.695. The Labute approximate surface area is 104 Å². The van der Waals surface area contributed by atoms with Crippen LogP contribution in [0.4, 0.5) is 0 Å². The van der Waals surface area contributed by atoms with Crippen LogP contribution in [0, 0.1) is 0 Å². The molecule has 1 saturated carbocycles. The molecule has 0 heterocycles. The van der Waals surface area contributed by atoms with E-state index in [0.717, 1.165) is 25.7 Å². The predicted octanol–water partition coefficient (Wildman–Crippen LogP) is 1.70. The number of aliphatic carboxylic acids is 1. The van der Waals surface area contributed by atoms with Crippen LogP contribution >= 0.6 is 0 Å². The second kappa shape index (κ2) is 5.83. The third-order valence-electron chi connectivity index (χ3n) is 4.28. The fourth-order valence-corrected chi connectivity index (χ4v) is 2.78. The Bertz CT molecular complexity index is 270. The lowest BCUT2D eigenvalue weighted by atomic mass is 9.97. The maximum Gasteiger partial charge on any atom is 0.323 e. The molecule has 1 aliphatic rings. The summed E-state index contributed by atoms with van der Waals surface area (Å²) in [5.41, 5.74) is -0.693. The van der Waals surface area contributed by atoms with Crippen molar-refractivity contribution in [3.05, 3.63) is 0 Å². The maximum atomic E-state index is 11.4. The van der Waals surface area contributed by atoms with Gasteiger partial charge in [-0.3, -0.25) is 4.79 Å². The average Bonchev–Trinajstić information content (AvgIpc) is 2.73. The highest BCUT2D eigenvalue weighted by atomic mass is 16.4. The van der Waals surface area contributed by atoms with Crippen molar-refractivity contribution in [2.75, 3.05) is 13.6 Å². The van der Waals surface area contributed by atoms with E-state index in [-0.39, 0.29) is 0 Å². The summed E-state index contributed by atoms with van der Waals surface area (Å²) in [5.74, 6) is -0.695. The van der Waals surface area contributed by atoms with Gasteiger partial charge in [0, 0.05) is 12.1 Å². The van der Waals surface area contributed by atoms with Crippen molar-refractivity contribution in [2.45, 2.75) is 64.1 Å². The lowest BCUT2D eigenvalue weighted by Crippen LogP contribution is -2.51. The Balaban J connectivity index is 2.69. The molecule has 0 aliphatic heterocycles. The summed E-state index contributed by atoms with van der Waals surface area (Å²) < 4.78 is 0. The average molecular weight is 242 g/mol. The van der Waals surface area contributed by atoms with Crippen LogP contribution in [0.3, 0.4) is 0 Å². The van der Waals surface area contributed by atoms with Crippen LogP contribution in [0.2, 0.25) is 0 Å². The number of hydrogen-bond acceptors (Lipinski definition) is 3. The van der Waals surface area contributed by atoms with Crippen LogP contribution in [0.15, 0.2) is 0 Å². The van der Waals surface area contributed by atoms with Crippen molar-refractivity contribution in [1.29, 1.82) is 0 Å². The van der Waals surface area contributed by atoms with Gasteiger partial charge in [0.2, 0.25) is 0 Å². The van der Waals surface area contributed by atoms with Crippen LogP contribution in [-0.4, -0.2) is 47.2 Å². The van der Waals surface area contributed by atoms with Crippen LogP contribution in [0.5, 0.6) is 0 Å². The van der Waals surface area contributed by atoms with Crippen LogP contribution < -0.4 is 5.32 Å². The van der Waals surface area contributed by atoms with Crippen LogP contribution in [-0.2, 0) is 4.79 Å². The molecular weight excluding hydrogens is 216 g/mol. The van der Waals surface area contributed by atoms with Gasteiger partial charge in [0.25, 0.3) is 0 Å². The predicted molar refractivity (Wildman–Crippen MR) is 69.2 cm³/mol. The van der Waals surface area contributed by atoms with E-state index in [1.54, 1.807) is 0 Å². The Hall–Kier alpha value is -0.610. The largest absolute Gasteiger partial charge is 0.480 e. The Morgan fingerprint density at radius 1 is 1.59 bits per heavy atom. The molecule has 17 heavy (non-hydrogen) atoms. The molecule has 3 unspecified atom stereocenters. The molecule has 0 aromatic heterocycles. The van der Waals surface area contributed by atoms with E-state index in [4.69, 9.17) is 0 Å². The third-order valence-corrected chi connectivity index (χ3v) is 4.28. The van der Waals surface area contributed by atoms with Gasteiger partial charge < -0.3 is 15.3 Å². The summed E-state index contributed by atoms with van der Waals surface area (Å²) in [5, 5.41) is 12.6. The van der Waals surface area contributed by atoms with Gasteiger partial charge in [-0.2, -0.15) is 0 Å². The zero-order valence-corrected chi connectivity index (χ0v) is 11.5. The van der Waals surface area contributed by atoms with E-state index in [0.29, 0.717) is 18.6 Å². The number of carboxylic acids is 1. The first kappa shape index (κ1) is 14.5. The summed E-state index contributed by atoms with van der Waals surface area (Å²) in [4.78, 5) is 13.8. The van der Waals surface area contributed by atoms with Gasteiger partial charge in [-0.25, -0.2) is 0 Å². The second-order valence-corrected chi connectivity index (χ2v) is 5.24. The number of likely N-dealkylation sites (N-methyl/N-ethyl adjacent to an activating group) is 1. The van der Waals surface area contributed by atoms with Gasteiger partial charge in [0.05, 0.1) is 0 Å². The van der Waals surface area contributed by atoms with E-state index in [1.807, 2.05) is 6.92 Å². The SMILES string of the molecule is CCNC1(C(=O)O)CCC(N(C)C(C)CC)C1. The molecular formula is C13H26N2O2. The zero-order valence-electron chi connectivity index (χ0n) is 11.5. The first-order valence-corrected chi connectivity index (χ1v) is 6.67. The summed E-state index contributed by atoms with van der Waals surface area (Å²) in [6.45, 7) is 7.06. The Morgan fingerprint density at radius 2 is 2.24 bits per heavy atom. The molecule has 100 valence electrons. The summed E-state index contributed by atoms with van der Waals surface area (Å²) in [6, 6.07) is 0.909. The fraction of sp³-hybridized carbons (Fsp3) is 0.923. The third kappa shape index (κ3) is 2.99. The minimum absolute atomic E-state index is 0.389. The molecule has 0 spiro atoms. The highest BCUT2D eigenvalue weighted by Crippen LogP contribution is 2.34. The maximum absolute atomic E-state index is 11.4. The van der Waals surface area contributed by atoms with Gasteiger partial charge in [-0.1, -0.05) is 13.8 Å². The molecule has 0 aromatic rings. The zero-order chi connectivity index (χ0) is 13.1. The van der Waals surface area contributed by atoms with Gasteiger partial charge in [-0.05, 0) is 46.2 Å². The molecule has 0 aromatic carbocycles. The lowest BCUT2D eigenvalue weighted by molar-refractivity contribution is -0.144. The van der Waals surface area contributed by atoms with Crippen LogP contribution in [0.25, 0.3) is 0 Å². The van der Waals surface area contributed by atoms with E-state index >= 15 is 0 Å². The second-order valence-electron chi connectivity index (χ2n) is 5.24. The van der Waals surface area contributed by atoms with E-state index in [9.17, 15) is 9.90 Å². The lowest BCUT2D eigenvalue weighted by Gasteiger charge is -2.32. The van der Waals surface area contributed by atoms with Gasteiger partial charge in [0.1, 0.15) is 5.54 Å². The molecule has 1 fully saturated rings. The highest BCUT2D eigenvalue weighted by molar-refractivity contribution is 5.79. The van der Waals surface area contributed by atoms with Crippen molar-refractivity contribution >= 4 is 5.97 Å². The monoisotopic (exact) mass is 242 g/mol. The molecule has 3 atom stereocenters. The molecule has 1 aliphatic carbocycles. The van der Waals surface area contributed by atoms with Crippen molar-refractivity contribution in [1.82, 2.24) is 10.2 Å². The number of rotatable bonds is 6. The van der Waals surface area contributed by atoms with Crippen molar-refractivity contribution in [3.63, 3.8) is 0 Å². The van der Waals surface area contributed by atoms with E-state index in [2.05, 4.69) is 31.1 Å². The normalized spacial score (nSPS) is 30.8. The van der Waals surface area contributed by atoms with Crippen molar-refractivity contribution in [3.8, 4) is 0 Å². The molecule has 4 nitrogen and oxygen atoms in total. The fourth-order valence-electron chi connectivity index (χ4n) is 2.78. The quantitative estimate of drug-likeness (QED) is 0.744. The molecule has 2 N–H and O–H groups in total. The number of carboxylic acid groups (broad SMARTS) is 1. The summed E-state index contributed by atoms with van der Waals surface area (Å²) in [7, 11) is 2.11. The first-order chi connectivity index (χ1) is 7.96. The minimum Gasteiger partial charge on any atom is -0.480 e. The number of nitrogens with zero attached hydrogens (tertiary/aromatic N) is 1. The van der Waals surface area contributed by atoms with Crippen molar-refractivity contribution in [2.24, 2.45) is 0 Å². The molecule has 4 heteroatoms. The molecule has 0 saturated heterocycles. The standard InChI is InChI=1S/C13H26N2O2/c1-5-10(3)15(4)11-7-8-13(9-11,12(16)17)14-6-2/h10-11,14H,5-9H2,1-4H3,(H,16,17). The topological polar surface area (TPSA) is 52.6 Å². The smallest absolute Gasteiger partial charge is 0.323 e. The van der Waals surface area contributed by atoms with Gasteiger partial charge in [-0.15, -0.1) is 0 Å². The first-order valence-electron chi connectivity index (χ1n) is 6.67. The molecule has 0 bridgehead atoms. The number of nitrogens with one attached hydrogen (secondary N) is 1. The van der Waals surface area contributed by atoms with Crippen LogP contribution in [0.1, 0.15) is 46.5 Å². The Morgan fingerprint density at radius 3 is 2.71 bits per heavy atom. The van der Waals surface area contributed by atoms with E-state index < -0.39 is 11.5 Å². The summed E-state index contributed by atoms with van der Waals surface area (Å²) >= 11 is 0. The van der Waals surface area contributed by atoms with Gasteiger partial charge in [0.15, 0.2) is 0 Å². The number of carbonyl (C=O) groups is 1. The molecule has 0 amide bonds. The van der Waals surface area contributed by atoms with E-state index in [1.165, 1.54) is 0 Å². The summed E-state index contributed by atoms with van der Waals surface area (Å²) in [6.07, 6.45) is 3.53. The Kier molecular flexibility index (Phi) is 4.95. The van der Waals surface area contributed by atoms with Gasteiger partial charge >= 0.3 is 5.97 Å². The molecule has 0 radical (unpaired) electrons. The molecule has 1 rings (SSSR count). The number of hydrogen-bond donors (Lipinski definition) is 2. The highest BCUT2D eigenvalue weighted by Gasteiger charge is 2.46.